The summed E-state index contributed by atoms with van der Waals surface area (Å²) in [4.78, 5) is 11.8. The second kappa shape index (κ2) is 10.2. The van der Waals surface area contributed by atoms with Gasteiger partial charge in [0.15, 0.2) is 0 Å². The molecule has 0 saturated carbocycles. The number of rotatable bonds is 10. The van der Waals surface area contributed by atoms with E-state index in [-0.39, 0.29) is 19.1 Å². The molecule has 0 saturated heterocycles. The number of carbonyl (C=O) groups excluding carboxylic acids is 1. The minimum atomic E-state index is -0.794. The molecule has 1 rings (SSSR count). The number of anilines is 1. The lowest BCUT2D eigenvalue weighted by molar-refractivity contribution is 0.0498. The normalized spacial score (nSPS) is 12.0. The first-order valence-electron chi connectivity index (χ1n) is 7.47. The van der Waals surface area contributed by atoms with Crippen LogP contribution in [0.2, 0.25) is 0 Å². The van der Waals surface area contributed by atoms with E-state index in [0.29, 0.717) is 12.2 Å². The van der Waals surface area contributed by atoms with E-state index in [9.17, 15) is 9.90 Å². The Morgan fingerprint density at radius 1 is 1.24 bits per heavy atom. The van der Waals surface area contributed by atoms with Gasteiger partial charge in [0.2, 0.25) is 0 Å². The number of esters is 1. The number of hydrogen-bond acceptors (Lipinski definition) is 5. The summed E-state index contributed by atoms with van der Waals surface area (Å²) in [5.41, 5.74) is 1.29. The number of carbonyl (C=O) groups is 1. The second-order valence-electron chi connectivity index (χ2n) is 4.99. The van der Waals surface area contributed by atoms with E-state index in [1.165, 1.54) is 0 Å². The highest BCUT2D eigenvalue weighted by molar-refractivity contribution is 5.89. The summed E-state index contributed by atoms with van der Waals surface area (Å²) in [5, 5.41) is 20.9. The maximum absolute atomic E-state index is 11.8. The van der Waals surface area contributed by atoms with Gasteiger partial charge in [0.05, 0.1) is 24.9 Å². The standard InChI is InChI=1S/C16H25NO4/c1-2-3-4-5-10-21-16(20)13-6-8-14(9-7-13)17-11-15(19)12-18/h6-9,15,17-19H,2-5,10-12H2,1H3. The van der Waals surface area contributed by atoms with Crippen LogP contribution in [-0.2, 0) is 4.74 Å². The Hall–Kier alpha value is -1.59. The van der Waals surface area contributed by atoms with E-state index in [1.54, 1.807) is 24.3 Å². The topological polar surface area (TPSA) is 78.8 Å². The first-order chi connectivity index (χ1) is 10.2. The zero-order valence-corrected chi connectivity index (χ0v) is 12.5. The van der Waals surface area contributed by atoms with Crippen molar-refractivity contribution in [2.24, 2.45) is 0 Å². The molecule has 5 nitrogen and oxygen atoms in total. The fourth-order valence-corrected chi connectivity index (χ4v) is 1.80. The number of unbranched alkanes of at least 4 members (excludes halogenated alkanes) is 3. The number of benzene rings is 1. The van der Waals surface area contributed by atoms with Gasteiger partial charge in [-0.2, -0.15) is 0 Å². The van der Waals surface area contributed by atoms with Crippen LogP contribution in [0.25, 0.3) is 0 Å². The van der Waals surface area contributed by atoms with E-state index in [0.717, 1.165) is 31.4 Å². The summed E-state index contributed by atoms with van der Waals surface area (Å²) in [6.45, 7) is 2.58. The molecule has 1 unspecified atom stereocenters. The van der Waals surface area contributed by atoms with Crippen LogP contribution in [0.1, 0.15) is 43.0 Å². The van der Waals surface area contributed by atoms with E-state index >= 15 is 0 Å². The molecule has 1 aromatic rings. The third-order valence-corrected chi connectivity index (χ3v) is 3.10. The van der Waals surface area contributed by atoms with Gasteiger partial charge in [-0.05, 0) is 30.7 Å². The predicted molar refractivity (Wildman–Crippen MR) is 82.4 cm³/mol. The van der Waals surface area contributed by atoms with Gasteiger partial charge >= 0.3 is 5.97 Å². The number of nitrogens with one attached hydrogen (secondary N) is 1. The quantitative estimate of drug-likeness (QED) is 0.455. The van der Waals surface area contributed by atoms with Gasteiger partial charge < -0.3 is 20.3 Å². The summed E-state index contributed by atoms with van der Waals surface area (Å²) >= 11 is 0. The van der Waals surface area contributed by atoms with Gasteiger partial charge in [-0.3, -0.25) is 0 Å². The SMILES string of the molecule is CCCCCCOC(=O)c1ccc(NCC(O)CO)cc1. The average Bonchev–Trinajstić information content (AvgIpc) is 2.52. The summed E-state index contributed by atoms with van der Waals surface area (Å²) in [7, 11) is 0. The van der Waals surface area contributed by atoms with Crippen molar-refractivity contribution in [3.63, 3.8) is 0 Å². The summed E-state index contributed by atoms with van der Waals surface area (Å²) in [6, 6.07) is 6.86. The van der Waals surface area contributed by atoms with Crippen LogP contribution in [0.3, 0.4) is 0 Å². The molecular formula is C16H25NO4. The number of aliphatic hydroxyl groups excluding tert-OH is 2. The average molecular weight is 295 g/mol. The van der Waals surface area contributed by atoms with E-state index in [1.807, 2.05) is 0 Å². The van der Waals surface area contributed by atoms with E-state index in [4.69, 9.17) is 9.84 Å². The molecule has 0 aliphatic heterocycles. The van der Waals surface area contributed by atoms with Crippen molar-refractivity contribution >= 4 is 11.7 Å². The Bertz CT molecular complexity index is 405. The molecule has 0 radical (unpaired) electrons. The third-order valence-electron chi connectivity index (χ3n) is 3.10. The lowest BCUT2D eigenvalue weighted by Crippen LogP contribution is -2.22. The maximum atomic E-state index is 11.8. The highest BCUT2D eigenvalue weighted by atomic mass is 16.5. The molecule has 21 heavy (non-hydrogen) atoms. The molecule has 0 aliphatic carbocycles. The van der Waals surface area contributed by atoms with Crippen molar-refractivity contribution in [2.75, 3.05) is 25.1 Å². The second-order valence-corrected chi connectivity index (χ2v) is 4.99. The molecule has 1 atom stereocenters. The Morgan fingerprint density at radius 3 is 2.57 bits per heavy atom. The largest absolute Gasteiger partial charge is 0.462 e. The van der Waals surface area contributed by atoms with Crippen LogP contribution in [0.15, 0.2) is 24.3 Å². The van der Waals surface area contributed by atoms with Crippen LogP contribution < -0.4 is 5.32 Å². The number of aliphatic hydroxyl groups is 2. The molecular weight excluding hydrogens is 270 g/mol. The monoisotopic (exact) mass is 295 g/mol. The molecule has 0 aromatic heterocycles. The molecule has 0 amide bonds. The molecule has 1 aromatic carbocycles. The molecule has 0 aliphatic rings. The third kappa shape index (κ3) is 7.11. The van der Waals surface area contributed by atoms with Gasteiger partial charge in [-0.15, -0.1) is 0 Å². The first kappa shape index (κ1) is 17.5. The molecule has 0 fully saturated rings. The number of ether oxygens (including phenoxy) is 1. The van der Waals surface area contributed by atoms with Crippen LogP contribution in [-0.4, -0.2) is 42.0 Å². The van der Waals surface area contributed by atoms with Gasteiger partial charge in [0.25, 0.3) is 0 Å². The Morgan fingerprint density at radius 2 is 1.95 bits per heavy atom. The summed E-state index contributed by atoms with van der Waals surface area (Å²) in [5.74, 6) is -0.312. The van der Waals surface area contributed by atoms with Crippen molar-refractivity contribution in [1.29, 1.82) is 0 Å². The van der Waals surface area contributed by atoms with E-state index in [2.05, 4.69) is 12.2 Å². The van der Waals surface area contributed by atoms with E-state index < -0.39 is 6.10 Å². The van der Waals surface area contributed by atoms with Crippen molar-refractivity contribution in [3.8, 4) is 0 Å². The predicted octanol–water partition coefficient (Wildman–Crippen LogP) is 2.19. The lowest BCUT2D eigenvalue weighted by atomic mass is 10.2. The van der Waals surface area contributed by atoms with Crippen molar-refractivity contribution < 1.29 is 19.7 Å². The molecule has 0 heterocycles. The molecule has 0 bridgehead atoms. The smallest absolute Gasteiger partial charge is 0.338 e. The Labute approximate surface area is 125 Å². The van der Waals surface area contributed by atoms with Gasteiger partial charge in [0.1, 0.15) is 0 Å². The summed E-state index contributed by atoms with van der Waals surface area (Å²) in [6.07, 6.45) is 3.51. The minimum Gasteiger partial charge on any atom is -0.462 e. The summed E-state index contributed by atoms with van der Waals surface area (Å²) < 4.78 is 5.20. The van der Waals surface area contributed by atoms with Gasteiger partial charge in [-0.1, -0.05) is 26.2 Å². The zero-order chi connectivity index (χ0) is 15.5. The molecule has 5 heteroatoms. The van der Waals surface area contributed by atoms with Crippen LogP contribution in [0.4, 0.5) is 5.69 Å². The van der Waals surface area contributed by atoms with Crippen LogP contribution in [0.5, 0.6) is 0 Å². The minimum absolute atomic E-state index is 0.262. The molecule has 0 spiro atoms. The molecule has 3 N–H and O–H groups in total. The first-order valence-corrected chi connectivity index (χ1v) is 7.47. The maximum Gasteiger partial charge on any atom is 0.338 e. The zero-order valence-electron chi connectivity index (χ0n) is 12.5. The fraction of sp³-hybridized carbons (Fsp3) is 0.562. The van der Waals surface area contributed by atoms with Crippen molar-refractivity contribution in [3.05, 3.63) is 29.8 Å². The van der Waals surface area contributed by atoms with Crippen LogP contribution >= 0.6 is 0 Å². The molecule has 118 valence electrons. The van der Waals surface area contributed by atoms with Gasteiger partial charge in [0, 0.05) is 12.2 Å². The Balaban J connectivity index is 2.33. The van der Waals surface area contributed by atoms with Crippen molar-refractivity contribution in [1.82, 2.24) is 0 Å². The fourth-order valence-electron chi connectivity index (χ4n) is 1.80. The van der Waals surface area contributed by atoms with Crippen LogP contribution in [0, 0.1) is 0 Å². The highest BCUT2D eigenvalue weighted by Crippen LogP contribution is 2.11. The Kier molecular flexibility index (Phi) is 8.47. The van der Waals surface area contributed by atoms with Crippen molar-refractivity contribution in [2.45, 2.75) is 38.7 Å². The lowest BCUT2D eigenvalue weighted by Gasteiger charge is -2.10. The van der Waals surface area contributed by atoms with Gasteiger partial charge in [-0.25, -0.2) is 4.79 Å². The number of hydrogen-bond donors (Lipinski definition) is 3. The highest BCUT2D eigenvalue weighted by Gasteiger charge is 2.07.